The maximum absolute atomic E-state index is 13.6. The monoisotopic (exact) mass is 307 g/mol. The van der Waals surface area contributed by atoms with Crippen molar-refractivity contribution in [2.45, 2.75) is 36.2 Å². The van der Waals surface area contributed by atoms with Crippen molar-refractivity contribution < 1.29 is 8.78 Å². The zero-order chi connectivity index (χ0) is 14.8. The zero-order valence-corrected chi connectivity index (χ0v) is 12.2. The summed E-state index contributed by atoms with van der Waals surface area (Å²) in [6.45, 7) is 4.38. The number of thioether (sulfide) groups is 1. The predicted molar refractivity (Wildman–Crippen MR) is 78.1 cm³/mol. The van der Waals surface area contributed by atoms with Gasteiger partial charge in [0.05, 0.1) is 0 Å². The number of allylic oxidation sites excluding steroid dienone is 1. The van der Waals surface area contributed by atoms with Gasteiger partial charge in [-0.1, -0.05) is 30.0 Å². The Balaban J connectivity index is 1.78. The quantitative estimate of drug-likeness (QED) is 0.599. The van der Waals surface area contributed by atoms with Crippen LogP contribution in [0.1, 0.15) is 30.1 Å². The first-order chi connectivity index (χ1) is 10.2. The van der Waals surface area contributed by atoms with Gasteiger partial charge in [0.2, 0.25) is 0 Å². The number of aromatic nitrogens is 3. The normalized spacial score (nSPS) is 14.4. The highest BCUT2D eigenvalue weighted by atomic mass is 32.2. The molecule has 110 valence electrons. The van der Waals surface area contributed by atoms with E-state index < -0.39 is 11.6 Å². The van der Waals surface area contributed by atoms with Gasteiger partial charge >= 0.3 is 0 Å². The molecule has 0 bridgehead atoms. The van der Waals surface area contributed by atoms with Crippen molar-refractivity contribution in [1.82, 2.24) is 14.8 Å². The van der Waals surface area contributed by atoms with Crippen LogP contribution in [0.5, 0.6) is 0 Å². The molecule has 1 saturated carbocycles. The van der Waals surface area contributed by atoms with E-state index in [9.17, 15) is 8.78 Å². The second-order valence-electron chi connectivity index (χ2n) is 5.02. The van der Waals surface area contributed by atoms with E-state index in [1.807, 2.05) is 4.57 Å². The minimum atomic E-state index is -0.820. The summed E-state index contributed by atoms with van der Waals surface area (Å²) in [5.74, 6) is 0.167. The van der Waals surface area contributed by atoms with Gasteiger partial charge in [0, 0.05) is 23.8 Å². The molecule has 3 rings (SSSR count). The second-order valence-corrected chi connectivity index (χ2v) is 5.96. The van der Waals surface area contributed by atoms with Gasteiger partial charge < -0.3 is 4.57 Å². The summed E-state index contributed by atoms with van der Waals surface area (Å²) in [6.07, 6.45) is 4.07. The van der Waals surface area contributed by atoms with Crippen LogP contribution >= 0.6 is 11.8 Å². The van der Waals surface area contributed by atoms with Gasteiger partial charge in [0.25, 0.3) is 0 Å². The largest absolute Gasteiger partial charge is 0.302 e. The lowest BCUT2D eigenvalue weighted by atomic mass is 10.2. The van der Waals surface area contributed by atoms with Gasteiger partial charge in [-0.15, -0.1) is 16.8 Å². The molecule has 0 saturated heterocycles. The highest BCUT2D eigenvalue weighted by molar-refractivity contribution is 7.98. The molecule has 1 fully saturated rings. The zero-order valence-electron chi connectivity index (χ0n) is 11.4. The SMILES string of the molecule is C=CCn1c(SCc2cccc(F)c2F)nnc1C1CC1. The molecule has 0 unspecified atom stereocenters. The van der Waals surface area contributed by atoms with E-state index in [2.05, 4.69) is 16.8 Å². The molecule has 0 N–H and O–H groups in total. The fraction of sp³-hybridized carbons (Fsp3) is 0.333. The molecule has 6 heteroatoms. The third-order valence-electron chi connectivity index (χ3n) is 3.39. The van der Waals surface area contributed by atoms with Crippen molar-refractivity contribution >= 4 is 11.8 Å². The van der Waals surface area contributed by atoms with Gasteiger partial charge in [0.15, 0.2) is 16.8 Å². The van der Waals surface area contributed by atoms with Crippen LogP contribution in [0.4, 0.5) is 8.78 Å². The minimum Gasteiger partial charge on any atom is -0.302 e. The molecule has 1 aliphatic carbocycles. The number of nitrogens with zero attached hydrogens (tertiary/aromatic N) is 3. The van der Waals surface area contributed by atoms with Crippen LogP contribution in [0, 0.1) is 11.6 Å². The molecule has 0 amide bonds. The summed E-state index contributed by atoms with van der Waals surface area (Å²) < 4.78 is 28.8. The molecule has 1 heterocycles. The Morgan fingerprint density at radius 2 is 2.14 bits per heavy atom. The summed E-state index contributed by atoms with van der Waals surface area (Å²) in [6, 6.07) is 4.22. The molecule has 2 aromatic rings. The molecule has 1 aromatic carbocycles. The first-order valence-electron chi connectivity index (χ1n) is 6.80. The Hall–Kier alpha value is -1.69. The Bertz CT molecular complexity index is 665. The molecule has 1 aliphatic rings. The van der Waals surface area contributed by atoms with E-state index >= 15 is 0 Å². The van der Waals surface area contributed by atoms with Crippen molar-refractivity contribution in [2.75, 3.05) is 0 Å². The standard InChI is InChI=1S/C15H15F2N3S/c1-2-8-20-14(10-6-7-10)18-19-15(20)21-9-11-4-3-5-12(16)13(11)17/h2-5,10H,1,6-9H2. The Kier molecular flexibility index (Phi) is 4.05. The van der Waals surface area contributed by atoms with E-state index in [0.717, 1.165) is 29.9 Å². The van der Waals surface area contributed by atoms with Crippen LogP contribution in [0.25, 0.3) is 0 Å². The minimum absolute atomic E-state index is 0.323. The predicted octanol–water partition coefficient (Wildman–Crippen LogP) is 3.91. The average Bonchev–Trinajstić information content (AvgIpc) is 3.24. The number of rotatable bonds is 6. The summed E-state index contributed by atoms with van der Waals surface area (Å²) in [4.78, 5) is 0. The van der Waals surface area contributed by atoms with Crippen LogP contribution in [0.2, 0.25) is 0 Å². The highest BCUT2D eigenvalue weighted by Gasteiger charge is 2.30. The van der Waals surface area contributed by atoms with Crippen LogP contribution < -0.4 is 0 Å². The number of halogens is 2. The van der Waals surface area contributed by atoms with Crippen LogP contribution in [0.3, 0.4) is 0 Å². The number of benzene rings is 1. The number of hydrogen-bond acceptors (Lipinski definition) is 3. The molecular formula is C15H15F2N3S. The van der Waals surface area contributed by atoms with Gasteiger partial charge in [-0.2, -0.15) is 0 Å². The molecule has 0 radical (unpaired) electrons. The van der Waals surface area contributed by atoms with Crippen molar-refractivity contribution in [3.05, 3.63) is 53.9 Å². The molecule has 0 aliphatic heterocycles. The summed E-state index contributed by atoms with van der Waals surface area (Å²) in [7, 11) is 0. The molecule has 1 aromatic heterocycles. The van der Waals surface area contributed by atoms with E-state index in [0.29, 0.717) is 23.8 Å². The lowest BCUT2D eigenvalue weighted by molar-refractivity contribution is 0.502. The van der Waals surface area contributed by atoms with Gasteiger partial charge in [-0.3, -0.25) is 0 Å². The van der Waals surface area contributed by atoms with Gasteiger partial charge in [-0.25, -0.2) is 8.78 Å². The van der Waals surface area contributed by atoms with Crippen LogP contribution in [-0.4, -0.2) is 14.8 Å². The molecule has 21 heavy (non-hydrogen) atoms. The van der Waals surface area contributed by atoms with E-state index in [1.165, 1.54) is 17.8 Å². The second kappa shape index (κ2) is 5.97. The topological polar surface area (TPSA) is 30.7 Å². The third-order valence-corrected chi connectivity index (χ3v) is 4.40. The lowest BCUT2D eigenvalue weighted by Gasteiger charge is -2.07. The first kappa shape index (κ1) is 14.3. The van der Waals surface area contributed by atoms with E-state index in [-0.39, 0.29) is 0 Å². The molecule has 0 spiro atoms. The summed E-state index contributed by atoms with van der Waals surface area (Å²) in [5.41, 5.74) is 0.334. The maximum Gasteiger partial charge on any atom is 0.191 e. The Morgan fingerprint density at radius 3 is 2.86 bits per heavy atom. The van der Waals surface area contributed by atoms with Crippen molar-refractivity contribution in [1.29, 1.82) is 0 Å². The average molecular weight is 307 g/mol. The fourth-order valence-electron chi connectivity index (χ4n) is 2.15. The molecule has 0 atom stereocenters. The number of hydrogen-bond donors (Lipinski definition) is 0. The Labute approximate surface area is 126 Å². The third kappa shape index (κ3) is 3.00. The Morgan fingerprint density at radius 1 is 1.33 bits per heavy atom. The van der Waals surface area contributed by atoms with Gasteiger partial charge in [0.1, 0.15) is 5.82 Å². The van der Waals surface area contributed by atoms with Gasteiger partial charge in [-0.05, 0) is 18.9 Å². The summed E-state index contributed by atoms with van der Waals surface area (Å²) in [5, 5.41) is 9.12. The molecular weight excluding hydrogens is 292 g/mol. The highest BCUT2D eigenvalue weighted by Crippen LogP contribution is 2.40. The van der Waals surface area contributed by atoms with Crippen molar-refractivity contribution in [3.63, 3.8) is 0 Å². The first-order valence-corrected chi connectivity index (χ1v) is 7.79. The maximum atomic E-state index is 13.6. The van der Waals surface area contributed by atoms with Crippen LogP contribution in [-0.2, 0) is 12.3 Å². The smallest absolute Gasteiger partial charge is 0.191 e. The van der Waals surface area contributed by atoms with Crippen molar-refractivity contribution in [3.8, 4) is 0 Å². The van der Waals surface area contributed by atoms with E-state index in [4.69, 9.17) is 0 Å². The molecule has 3 nitrogen and oxygen atoms in total. The fourth-order valence-corrected chi connectivity index (χ4v) is 3.08. The van der Waals surface area contributed by atoms with Crippen LogP contribution in [0.15, 0.2) is 36.0 Å². The summed E-state index contributed by atoms with van der Waals surface area (Å²) >= 11 is 1.36. The van der Waals surface area contributed by atoms with Crippen molar-refractivity contribution in [2.24, 2.45) is 0 Å². The van der Waals surface area contributed by atoms with E-state index in [1.54, 1.807) is 12.1 Å². The lowest BCUT2D eigenvalue weighted by Crippen LogP contribution is -2.03.